The smallest absolute Gasteiger partial charge is 0.138 e. The molecule has 1 heterocycles. The summed E-state index contributed by atoms with van der Waals surface area (Å²) >= 11 is 3.35. The third kappa shape index (κ3) is 1.70. The Labute approximate surface area is 89.3 Å². The highest BCUT2D eigenvalue weighted by molar-refractivity contribution is 9.10. The van der Waals surface area contributed by atoms with E-state index >= 15 is 0 Å². The third-order valence-electron chi connectivity index (χ3n) is 1.89. The molecule has 2 aromatic rings. The van der Waals surface area contributed by atoms with Crippen LogP contribution in [0.3, 0.4) is 0 Å². The first kappa shape index (κ1) is 9.40. The van der Waals surface area contributed by atoms with Crippen molar-refractivity contribution < 1.29 is 4.39 Å². The van der Waals surface area contributed by atoms with Crippen LogP contribution in [-0.2, 0) is 0 Å². The Morgan fingerprint density at radius 3 is 2.86 bits per heavy atom. The molecule has 4 heteroatoms. The molecule has 0 aliphatic carbocycles. The van der Waals surface area contributed by atoms with Gasteiger partial charge in [-0.1, -0.05) is 15.9 Å². The molecular formula is C10H8BrFN2. The Kier molecular flexibility index (Phi) is 2.37. The fourth-order valence-electron chi connectivity index (χ4n) is 1.23. The predicted molar refractivity (Wildman–Crippen MR) is 56.4 cm³/mol. The lowest BCUT2D eigenvalue weighted by Crippen LogP contribution is -1.84. The molecule has 14 heavy (non-hydrogen) atoms. The van der Waals surface area contributed by atoms with Crippen LogP contribution in [0.5, 0.6) is 0 Å². The summed E-state index contributed by atoms with van der Waals surface area (Å²) in [7, 11) is 0. The summed E-state index contributed by atoms with van der Waals surface area (Å²) in [5.41, 5.74) is 1.69. The fourth-order valence-corrected chi connectivity index (χ4v) is 1.66. The number of imidazole rings is 1. The van der Waals surface area contributed by atoms with Crippen LogP contribution in [0.25, 0.3) is 11.4 Å². The molecule has 0 bridgehead atoms. The van der Waals surface area contributed by atoms with Gasteiger partial charge in [0.2, 0.25) is 0 Å². The van der Waals surface area contributed by atoms with Crippen LogP contribution in [0.2, 0.25) is 0 Å². The van der Waals surface area contributed by atoms with E-state index in [1.165, 1.54) is 12.1 Å². The lowest BCUT2D eigenvalue weighted by Gasteiger charge is -2.00. The van der Waals surface area contributed by atoms with Crippen LogP contribution in [0, 0.1) is 12.7 Å². The number of benzene rings is 1. The van der Waals surface area contributed by atoms with E-state index in [-0.39, 0.29) is 5.82 Å². The van der Waals surface area contributed by atoms with Crippen molar-refractivity contribution in [2.45, 2.75) is 6.92 Å². The molecule has 0 amide bonds. The first-order valence-electron chi connectivity index (χ1n) is 4.14. The largest absolute Gasteiger partial charge is 0.342 e. The minimum absolute atomic E-state index is 0.266. The monoisotopic (exact) mass is 254 g/mol. The summed E-state index contributed by atoms with van der Waals surface area (Å²) in [6.45, 7) is 1.91. The second-order valence-corrected chi connectivity index (χ2v) is 3.89. The van der Waals surface area contributed by atoms with Gasteiger partial charge in [-0.15, -0.1) is 0 Å². The van der Waals surface area contributed by atoms with Crippen molar-refractivity contribution in [2.75, 3.05) is 0 Å². The Hall–Kier alpha value is -1.16. The molecule has 0 atom stereocenters. The second kappa shape index (κ2) is 3.53. The average molecular weight is 255 g/mol. The van der Waals surface area contributed by atoms with E-state index in [1.807, 2.05) is 6.92 Å². The number of aromatic amines is 1. The van der Waals surface area contributed by atoms with Crippen molar-refractivity contribution in [3.05, 3.63) is 40.4 Å². The Morgan fingerprint density at radius 2 is 2.21 bits per heavy atom. The van der Waals surface area contributed by atoms with Crippen LogP contribution < -0.4 is 0 Å². The zero-order valence-electron chi connectivity index (χ0n) is 7.51. The molecule has 0 spiro atoms. The van der Waals surface area contributed by atoms with Gasteiger partial charge in [-0.05, 0) is 25.1 Å². The van der Waals surface area contributed by atoms with Crippen molar-refractivity contribution in [3.63, 3.8) is 0 Å². The van der Waals surface area contributed by atoms with Crippen LogP contribution in [-0.4, -0.2) is 9.97 Å². The van der Waals surface area contributed by atoms with Crippen molar-refractivity contribution in [1.82, 2.24) is 9.97 Å². The Balaban J connectivity index is 2.55. The molecule has 0 fully saturated rings. The number of aromatic nitrogens is 2. The molecule has 2 nitrogen and oxygen atoms in total. The van der Waals surface area contributed by atoms with E-state index in [9.17, 15) is 4.39 Å². The molecule has 2 rings (SSSR count). The van der Waals surface area contributed by atoms with Crippen LogP contribution >= 0.6 is 15.9 Å². The van der Waals surface area contributed by atoms with Gasteiger partial charge in [0, 0.05) is 21.9 Å². The van der Waals surface area contributed by atoms with Crippen molar-refractivity contribution in [1.29, 1.82) is 0 Å². The number of halogens is 2. The quantitative estimate of drug-likeness (QED) is 0.832. The number of aryl methyl sites for hydroxylation is 1. The van der Waals surface area contributed by atoms with Gasteiger partial charge < -0.3 is 4.98 Å². The number of hydrogen-bond donors (Lipinski definition) is 1. The Bertz CT molecular complexity index is 465. The highest BCUT2D eigenvalue weighted by Gasteiger charge is 2.07. The molecule has 1 aromatic heterocycles. The molecule has 0 unspecified atom stereocenters. The van der Waals surface area contributed by atoms with Gasteiger partial charge in [0.1, 0.15) is 11.6 Å². The first-order valence-corrected chi connectivity index (χ1v) is 4.93. The van der Waals surface area contributed by atoms with Gasteiger partial charge in [-0.3, -0.25) is 0 Å². The van der Waals surface area contributed by atoms with E-state index < -0.39 is 0 Å². The van der Waals surface area contributed by atoms with Crippen molar-refractivity contribution in [3.8, 4) is 11.4 Å². The molecule has 72 valence electrons. The van der Waals surface area contributed by atoms with Gasteiger partial charge in [-0.25, -0.2) is 9.37 Å². The molecule has 0 saturated heterocycles. The zero-order valence-corrected chi connectivity index (χ0v) is 9.10. The number of rotatable bonds is 1. The van der Waals surface area contributed by atoms with E-state index in [4.69, 9.17) is 0 Å². The maximum atomic E-state index is 13.0. The summed E-state index contributed by atoms with van der Waals surface area (Å²) < 4.78 is 13.8. The van der Waals surface area contributed by atoms with Gasteiger partial charge in [0.15, 0.2) is 0 Å². The summed E-state index contributed by atoms with van der Waals surface area (Å²) in [5, 5.41) is 0. The molecule has 1 aromatic carbocycles. The molecule has 0 saturated carbocycles. The first-order chi connectivity index (χ1) is 6.66. The topological polar surface area (TPSA) is 28.7 Å². The minimum atomic E-state index is -0.266. The maximum Gasteiger partial charge on any atom is 0.138 e. The lowest BCUT2D eigenvalue weighted by molar-refractivity contribution is 0.628. The average Bonchev–Trinajstić information content (AvgIpc) is 2.56. The third-order valence-corrected chi connectivity index (χ3v) is 2.58. The molecular weight excluding hydrogens is 247 g/mol. The van der Waals surface area contributed by atoms with Gasteiger partial charge in [-0.2, -0.15) is 0 Å². The highest BCUT2D eigenvalue weighted by atomic mass is 79.9. The minimum Gasteiger partial charge on any atom is -0.342 e. The lowest BCUT2D eigenvalue weighted by atomic mass is 10.2. The van der Waals surface area contributed by atoms with E-state index in [0.29, 0.717) is 5.82 Å². The van der Waals surface area contributed by atoms with Gasteiger partial charge >= 0.3 is 0 Å². The zero-order chi connectivity index (χ0) is 10.1. The van der Waals surface area contributed by atoms with Gasteiger partial charge in [0.05, 0.1) is 0 Å². The molecule has 0 aliphatic heterocycles. The summed E-state index contributed by atoms with van der Waals surface area (Å²) in [6.07, 6.45) is 1.71. The summed E-state index contributed by atoms with van der Waals surface area (Å²) in [6, 6.07) is 4.52. The normalized spacial score (nSPS) is 10.5. The highest BCUT2D eigenvalue weighted by Crippen LogP contribution is 2.26. The number of H-pyrrole nitrogens is 1. The number of nitrogens with one attached hydrogen (secondary N) is 1. The molecule has 1 N–H and O–H groups in total. The fraction of sp³-hybridized carbons (Fsp3) is 0.100. The molecule has 0 radical (unpaired) electrons. The van der Waals surface area contributed by atoms with Gasteiger partial charge in [0.25, 0.3) is 0 Å². The standard InChI is InChI=1S/C10H8BrFN2/c1-6-5-13-10(14-6)8-4-7(12)2-3-9(8)11/h2-5H,1H3,(H,13,14). The maximum absolute atomic E-state index is 13.0. The van der Waals surface area contributed by atoms with Crippen LogP contribution in [0.1, 0.15) is 5.69 Å². The molecule has 0 aliphatic rings. The predicted octanol–water partition coefficient (Wildman–Crippen LogP) is 3.29. The van der Waals surface area contributed by atoms with Crippen molar-refractivity contribution in [2.24, 2.45) is 0 Å². The van der Waals surface area contributed by atoms with E-state index in [0.717, 1.165) is 15.7 Å². The van der Waals surface area contributed by atoms with E-state index in [1.54, 1.807) is 12.3 Å². The van der Waals surface area contributed by atoms with Crippen LogP contribution in [0.4, 0.5) is 4.39 Å². The van der Waals surface area contributed by atoms with Crippen molar-refractivity contribution >= 4 is 15.9 Å². The Morgan fingerprint density at radius 1 is 1.43 bits per heavy atom. The SMILES string of the molecule is Cc1cnc(-c2cc(F)ccc2Br)[nH]1. The van der Waals surface area contributed by atoms with Crippen LogP contribution in [0.15, 0.2) is 28.9 Å². The summed E-state index contributed by atoms with van der Waals surface area (Å²) in [5.74, 6) is 0.408. The summed E-state index contributed by atoms with van der Waals surface area (Å²) in [4.78, 5) is 7.19. The number of nitrogens with zero attached hydrogens (tertiary/aromatic N) is 1. The second-order valence-electron chi connectivity index (χ2n) is 3.04. The van der Waals surface area contributed by atoms with E-state index in [2.05, 4.69) is 25.9 Å². The number of hydrogen-bond acceptors (Lipinski definition) is 1.